The van der Waals surface area contributed by atoms with E-state index >= 15 is 0 Å². The Morgan fingerprint density at radius 2 is 2.20 bits per heavy atom. The molecule has 0 saturated carbocycles. The van der Waals surface area contributed by atoms with E-state index in [-0.39, 0.29) is 14.1 Å². The smallest absolute Gasteiger partial charge is 0.269 e. The van der Waals surface area contributed by atoms with Crippen LogP contribution in [0.3, 0.4) is 0 Å². The summed E-state index contributed by atoms with van der Waals surface area (Å²) in [7, 11) is -0.141. The van der Waals surface area contributed by atoms with Gasteiger partial charge in [-0.2, -0.15) is 0 Å². The van der Waals surface area contributed by atoms with Crippen LogP contribution in [0.1, 0.15) is 0 Å². The van der Waals surface area contributed by atoms with Crippen LogP contribution in [0.5, 0.6) is 0 Å². The predicted octanol–water partition coefficient (Wildman–Crippen LogP) is 2.06. The highest BCUT2D eigenvalue weighted by Crippen LogP contribution is 2.22. The summed E-state index contributed by atoms with van der Waals surface area (Å²) in [5.74, 6) is 0. The first-order valence-corrected chi connectivity index (χ1v) is 4.90. The number of para-hydroxylation sites is 1. The molecule has 6 heteroatoms. The van der Waals surface area contributed by atoms with Crippen LogP contribution < -0.4 is 5.30 Å². The number of non-ortho nitro benzene ring substituents is 1. The van der Waals surface area contributed by atoms with Crippen LogP contribution in [0, 0.1) is 10.1 Å². The van der Waals surface area contributed by atoms with Gasteiger partial charge in [0.1, 0.15) is 5.52 Å². The van der Waals surface area contributed by atoms with Gasteiger partial charge in [0.15, 0.2) is 8.46 Å². The Hall–Kier alpha value is -1.87. The summed E-state index contributed by atoms with van der Waals surface area (Å²) < 4.78 is 10.6. The van der Waals surface area contributed by atoms with Crippen molar-refractivity contribution in [2.75, 3.05) is 0 Å². The maximum absolute atomic E-state index is 10.7. The quantitative estimate of drug-likeness (QED) is 0.441. The minimum atomic E-state index is -0.482. The monoisotopic (exact) mass is 220 g/mol. The summed E-state index contributed by atoms with van der Waals surface area (Å²) in [5, 5.41) is 11.8. The fraction of sp³-hybridized carbons (Fsp3) is 0. The van der Waals surface area contributed by atoms with E-state index in [1.165, 1.54) is 12.3 Å². The second-order valence-corrected chi connectivity index (χ2v) is 3.59. The van der Waals surface area contributed by atoms with Crippen LogP contribution in [0.25, 0.3) is 10.9 Å². The van der Waals surface area contributed by atoms with Gasteiger partial charge in [0, 0.05) is 17.6 Å². The zero-order valence-corrected chi connectivity index (χ0v) is 8.35. The molecule has 2 aromatic rings. The van der Waals surface area contributed by atoms with Gasteiger partial charge >= 0.3 is 0 Å². The van der Waals surface area contributed by atoms with E-state index in [1.807, 2.05) is 0 Å². The number of pyridine rings is 1. The summed E-state index contributed by atoms with van der Waals surface area (Å²) in [5.41, 5.74) is 0.275. The molecule has 5 nitrogen and oxygen atoms in total. The van der Waals surface area contributed by atoms with Crippen molar-refractivity contribution in [2.24, 2.45) is 0 Å². The lowest BCUT2D eigenvalue weighted by atomic mass is 10.2. The van der Waals surface area contributed by atoms with Gasteiger partial charge in [0.2, 0.25) is 0 Å². The van der Waals surface area contributed by atoms with Gasteiger partial charge in [-0.25, -0.2) is 4.98 Å². The van der Waals surface area contributed by atoms with Crippen LogP contribution in [-0.4, -0.2) is 9.91 Å². The number of nitro groups is 1. The molecule has 0 radical (unpaired) electrons. The molecule has 0 saturated heterocycles. The number of rotatable bonds is 2. The first-order valence-electron chi connectivity index (χ1n) is 4.09. The summed E-state index contributed by atoms with van der Waals surface area (Å²) in [6, 6.07) is 6.28. The van der Waals surface area contributed by atoms with Crippen molar-refractivity contribution in [1.29, 1.82) is 0 Å². The van der Waals surface area contributed by atoms with Crippen LogP contribution in [-0.2, 0) is 4.57 Å². The van der Waals surface area contributed by atoms with E-state index in [0.717, 1.165) is 0 Å². The van der Waals surface area contributed by atoms with Crippen molar-refractivity contribution >= 4 is 30.4 Å². The number of hydrogen-bond donors (Lipinski definition) is 0. The highest BCUT2D eigenvalue weighted by molar-refractivity contribution is 7.34. The Balaban J connectivity index is 2.77. The number of nitrogens with zero attached hydrogens (tertiary/aromatic N) is 2. The molecule has 0 atom stereocenters. The Morgan fingerprint density at radius 3 is 2.87 bits per heavy atom. The van der Waals surface area contributed by atoms with Gasteiger partial charge in [-0.3, -0.25) is 14.7 Å². The van der Waals surface area contributed by atoms with Gasteiger partial charge < -0.3 is 0 Å². The molecule has 0 fully saturated rings. The number of aromatic nitrogens is 1. The van der Waals surface area contributed by atoms with Crippen LogP contribution in [0.4, 0.5) is 5.69 Å². The highest BCUT2D eigenvalue weighted by Gasteiger charge is 2.12. The molecule has 74 valence electrons. The lowest BCUT2D eigenvalue weighted by Gasteiger charge is -1.98. The van der Waals surface area contributed by atoms with Crippen molar-refractivity contribution in [3.8, 4) is 0 Å². The summed E-state index contributed by atoms with van der Waals surface area (Å²) >= 11 is 0. The Labute approximate surface area is 86.1 Å². The molecular weight excluding hydrogens is 215 g/mol. The van der Waals surface area contributed by atoms with Crippen molar-refractivity contribution < 1.29 is 9.49 Å². The molecule has 15 heavy (non-hydrogen) atoms. The lowest BCUT2D eigenvalue weighted by Crippen LogP contribution is -1.96. The van der Waals surface area contributed by atoms with Gasteiger partial charge in [-0.15, -0.1) is 0 Å². The molecule has 0 spiro atoms. The number of nitro benzene ring substituents is 1. The second-order valence-electron chi connectivity index (χ2n) is 2.89. The number of fused-ring (bicyclic) bond motifs is 1. The van der Waals surface area contributed by atoms with E-state index in [0.29, 0.717) is 16.2 Å². The maximum Gasteiger partial charge on any atom is 0.295 e. The molecule has 0 aliphatic rings. The molecule has 0 amide bonds. The van der Waals surface area contributed by atoms with Gasteiger partial charge in [-0.1, -0.05) is 12.1 Å². The maximum atomic E-state index is 10.7. The highest BCUT2D eigenvalue weighted by atomic mass is 31.1. The average molecular weight is 220 g/mol. The van der Waals surface area contributed by atoms with Gasteiger partial charge in [0.05, 0.1) is 10.2 Å². The molecule has 1 heterocycles. The fourth-order valence-corrected chi connectivity index (χ4v) is 1.63. The Bertz CT molecular complexity index is 556. The van der Waals surface area contributed by atoms with Crippen molar-refractivity contribution in [2.45, 2.75) is 0 Å². The molecule has 1 aromatic heterocycles. The zero-order valence-electron chi connectivity index (χ0n) is 7.45. The third kappa shape index (κ3) is 1.69. The molecular formula is C9H5N2O3P. The largest absolute Gasteiger partial charge is 0.295 e. The second kappa shape index (κ2) is 3.71. The van der Waals surface area contributed by atoms with Crippen LogP contribution in [0.15, 0.2) is 30.5 Å². The molecule has 0 unspecified atom stereocenters. The van der Waals surface area contributed by atoms with E-state index in [4.69, 9.17) is 0 Å². The summed E-state index contributed by atoms with van der Waals surface area (Å²) in [6.07, 6.45) is 1.36. The third-order valence-corrected chi connectivity index (χ3v) is 2.43. The number of benzene rings is 1. The Morgan fingerprint density at radius 1 is 1.40 bits per heavy atom. The average Bonchev–Trinajstić information content (AvgIpc) is 2.27. The van der Waals surface area contributed by atoms with Crippen molar-refractivity contribution in [3.63, 3.8) is 0 Å². The zero-order chi connectivity index (χ0) is 10.8. The SMILES string of the molecule is O=Pc1cnc2c([N+](=O)[O-])cccc2c1. The van der Waals surface area contributed by atoms with E-state index < -0.39 is 4.92 Å². The normalized spacial score (nSPS) is 10.7. The molecule has 0 N–H and O–H groups in total. The standard InChI is InChI=1S/C9H5N2O3P/c12-11(13)8-3-1-2-6-4-7(15-14)5-10-9(6)8/h1-5H. The third-order valence-electron chi connectivity index (χ3n) is 1.98. The van der Waals surface area contributed by atoms with Crippen molar-refractivity contribution in [3.05, 3.63) is 40.6 Å². The van der Waals surface area contributed by atoms with Crippen LogP contribution >= 0.6 is 8.46 Å². The topological polar surface area (TPSA) is 73.1 Å². The summed E-state index contributed by atoms with van der Waals surface area (Å²) in [4.78, 5) is 14.1. The summed E-state index contributed by atoms with van der Waals surface area (Å²) in [6.45, 7) is 0. The van der Waals surface area contributed by atoms with Crippen LogP contribution in [0.2, 0.25) is 0 Å². The van der Waals surface area contributed by atoms with E-state index in [1.54, 1.807) is 18.2 Å². The Kier molecular flexibility index (Phi) is 2.39. The molecule has 0 bridgehead atoms. The first kappa shape index (κ1) is 9.68. The minimum Gasteiger partial charge on any atom is -0.269 e. The predicted molar refractivity (Wildman–Crippen MR) is 55.6 cm³/mol. The van der Waals surface area contributed by atoms with Crippen molar-refractivity contribution in [1.82, 2.24) is 4.98 Å². The van der Waals surface area contributed by atoms with E-state index in [2.05, 4.69) is 4.98 Å². The minimum absolute atomic E-state index is 0.0402. The molecule has 0 aliphatic heterocycles. The first-order chi connectivity index (χ1) is 7.22. The van der Waals surface area contributed by atoms with E-state index in [9.17, 15) is 14.7 Å². The molecule has 1 aromatic carbocycles. The van der Waals surface area contributed by atoms with Gasteiger partial charge in [-0.05, 0) is 6.07 Å². The number of hydrogen-bond acceptors (Lipinski definition) is 4. The van der Waals surface area contributed by atoms with Gasteiger partial charge in [0.25, 0.3) is 5.69 Å². The lowest BCUT2D eigenvalue weighted by molar-refractivity contribution is -0.383. The molecule has 2 rings (SSSR count). The molecule has 0 aliphatic carbocycles. The fourth-order valence-electron chi connectivity index (χ4n) is 1.33.